The van der Waals surface area contributed by atoms with E-state index in [0.717, 1.165) is 25.0 Å². The summed E-state index contributed by atoms with van der Waals surface area (Å²) in [6.45, 7) is 2.04. The number of primary amides is 1. The topological polar surface area (TPSA) is 84.6 Å². The van der Waals surface area contributed by atoms with Gasteiger partial charge in [0.15, 0.2) is 0 Å². The summed E-state index contributed by atoms with van der Waals surface area (Å²) < 4.78 is 0. The predicted molar refractivity (Wildman–Crippen MR) is 47.8 cm³/mol. The lowest BCUT2D eigenvalue weighted by Gasteiger charge is -2.02. The molecule has 0 saturated heterocycles. The summed E-state index contributed by atoms with van der Waals surface area (Å²) in [6.07, 6.45) is 3.07. The van der Waals surface area contributed by atoms with Crippen LogP contribution in [0.2, 0.25) is 0 Å². The number of hydrazone groups is 1. The molecule has 0 spiro atoms. The van der Waals surface area contributed by atoms with E-state index in [1.807, 2.05) is 6.92 Å². The average Bonchev–Trinajstić information content (AvgIpc) is 2.47. The summed E-state index contributed by atoms with van der Waals surface area (Å²) in [5.41, 5.74) is 7.80. The van der Waals surface area contributed by atoms with Crippen LogP contribution >= 0.6 is 0 Å². The molecule has 0 radical (unpaired) electrons. The van der Waals surface area contributed by atoms with Crippen molar-refractivity contribution in [2.24, 2.45) is 16.8 Å². The SMILES string of the molecule is CC1CCC/C1=N\NC(=O)C(N)=O. The molecule has 2 amide bonds. The first-order chi connectivity index (χ1) is 6.11. The lowest BCUT2D eigenvalue weighted by atomic mass is 10.1. The molecule has 1 fully saturated rings. The first kappa shape index (κ1) is 9.70. The Kier molecular flexibility index (Phi) is 3.00. The third-order valence-corrected chi connectivity index (χ3v) is 2.16. The fourth-order valence-corrected chi connectivity index (χ4v) is 1.35. The molecule has 5 nitrogen and oxygen atoms in total. The van der Waals surface area contributed by atoms with Gasteiger partial charge in [-0.05, 0) is 25.2 Å². The van der Waals surface area contributed by atoms with Gasteiger partial charge in [-0.25, -0.2) is 5.43 Å². The third kappa shape index (κ3) is 2.54. The maximum atomic E-state index is 10.7. The van der Waals surface area contributed by atoms with Crippen molar-refractivity contribution in [2.75, 3.05) is 0 Å². The Morgan fingerprint density at radius 3 is 2.77 bits per heavy atom. The highest BCUT2D eigenvalue weighted by atomic mass is 16.2. The summed E-state index contributed by atoms with van der Waals surface area (Å²) in [5.74, 6) is -1.46. The van der Waals surface area contributed by atoms with Crippen LogP contribution in [0.3, 0.4) is 0 Å². The second kappa shape index (κ2) is 4.02. The third-order valence-electron chi connectivity index (χ3n) is 2.16. The van der Waals surface area contributed by atoms with Gasteiger partial charge in [-0.2, -0.15) is 5.10 Å². The number of carbonyl (C=O) groups excluding carboxylic acids is 2. The molecule has 1 rings (SSSR count). The Morgan fingerprint density at radius 2 is 2.31 bits per heavy atom. The summed E-state index contributed by atoms with van der Waals surface area (Å²) in [7, 11) is 0. The van der Waals surface area contributed by atoms with Crippen molar-refractivity contribution in [2.45, 2.75) is 26.2 Å². The Morgan fingerprint density at radius 1 is 1.62 bits per heavy atom. The molecule has 0 heterocycles. The molecule has 0 aromatic heterocycles. The maximum absolute atomic E-state index is 10.7. The van der Waals surface area contributed by atoms with Gasteiger partial charge in [-0.3, -0.25) is 9.59 Å². The van der Waals surface area contributed by atoms with Crippen LogP contribution in [-0.4, -0.2) is 17.5 Å². The van der Waals surface area contributed by atoms with Gasteiger partial charge in [-0.15, -0.1) is 0 Å². The molecule has 0 aromatic carbocycles. The van der Waals surface area contributed by atoms with Crippen LogP contribution in [0.1, 0.15) is 26.2 Å². The van der Waals surface area contributed by atoms with Crippen LogP contribution in [0, 0.1) is 5.92 Å². The van der Waals surface area contributed by atoms with Crippen molar-refractivity contribution in [1.82, 2.24) is 5.43 Å². The van der Waals surface area contributed by atoms with Gasteiger partial charge in [0.05, 0.1) is 0 Å². The molecule has 0 bridgehead atoms. The zero-order valence-corrected chi connectivity index (χ0v) is 7.54. The van der Waals surface area contributed by atoms with Crippen molar-refractivity contribution in [3.8, 4) is 0 Å². The van der Waals surface area contributed by atoms with E-state index in [9.17, 15) is 9.59 Å². The van der Waals surface area contributed by atoms with E-state index >= 15 is 0 Å². The van der Waals surface area contributed by atoms with Gasteiger partial charge in [0.25, 0.3) is 0 Å². The van der Waals surface area contributed by atoms with Crippen LogP contribution < -0.4 is 11.2 Å². The highest BCUT2D eigenvalue weighted by Gasteiger charge is 2.18. The van der Waals surface area contributed by atoms with Crippen LogP contribution in [-0.2, 0) is 9.59 Å². The molecular weight excluding hydrogens is 170 g/mol. The molecule has 0 aliphatic heterocycles. The summed E-state index contributed by atoms with van der Waals surface area (Å²) in [6, 6.07) is 0. The van der Waals surface area contributed by atoms with Crippen LogP contribution in [0.15, 0.2) is 5.10 Å². The van der Waals surface area contributed by atoms with E-state index in [1.54, 1.807) is 0 Å². The normalized spacial score (nSPS) is 24.7. The first-order valence-corrected chi connectivity index (χ1v) is 4.27. The molecule has 3 N–H and O–H groups in total. The quantitative estimate of drug-likeness (QED) is 0.434. The van der Waals surface area contributed by atoms with Gasteiger partial charge >= 0.3 is 11.8 Å². The zero-order valence-electron chi connectivity index (χ0n) is 7.54. The molecular formula is C8H13N3O2. The summed E-state index contributed by atoms with van der Waals surface area (Å²) in [5, 5.41) is 3.84. The Labute approximate surface area is 76.4 Å². The number of nitrogens with one attached hydrogen (secondary N) is 1. The van der Waals surface area contributed by atoms with Crippen molar-refractivity contribution in [3.05, 3.63) is 0 Å². The maximum Gasteiger partial charge on any atom is 0.329 e. The van der Waals surface area contributed by atoms with Crippen molar-refractivity contribution >= 4 is 17.5 Å². The number of amides is 2. The molecule has 5 heteroatoms. The lowest BCUT2D eigenvalue weighted by molar-refractivity contribution is -0.137. The Hall–Kier alpha value is -1.39. The molecule has 72 valence electrons. The van der Waals surface area contributed by atoms with Gasteiger partial charge < -0.3 is 5.73 Å². The molecule has 1 atom stereocenters. The monoisotopic (exact) mass is 183 g/mol. The minimum atomic E-state index is -1.00. The second-order valence-electron chi connectivity index (χ2n) is 3.20. The molecule has 1 unspecified atom stereocenters. The predicted octanol–water partition coefficient (Wildman–Crippen LogP) is -0.236. The van der Waals surface area contributed by atoms with Gasteiger partial charge in [0.1, 0.15) is 0 Å². The molecule has 0 aromatic rings. The van der Waals surface area contributed by atoms with E-state index in [-0.39, 0.29) is 0 Å². The van der Waals surface area contributed by atoms with Gasteiger partial charge in [0.2, 0.25) is 0 Å². The van der Waals surface area contributed by atoms with Crippen LogP contribution in [0.25, 0.3) is 0 Å². The van der Waals surface area contributed by atoms with Crippen molar-refractivity contribution < 1.29 is 9.59 Å². The minimum absolute atomic E-state index is 0.396. The fourth-order valence-electron chi connectivity index (χ4n) is 1.35. The zero-order chi connectivity index (χ0) is 9.84. The number of hydrogen-bond donors (Lipinski definition) is 2. The van der Waals surface area contributed by atoms with Gasteiger partial charge in [-0.1, -0.05) is 6.92 Å². The van der Waals surface area contributed by atoms with E-state index in [2.05, 4.69) is 10.5 Å². The van der Waals surface area contributed by atoms with Gasteiger partial charge in [0, 0.05) is 5.71 Å². The smallest absolute Gasteiger partial charge is 0.329 e. The Bertz CT molecular complexity index is 260. The highest BCUT2D eigenvalue weighted by molar-refractivity contribution is 6.34. The first-order valence-electron chi connectivity index (χ1n) is 4.27. The number of carbonyl (C=O) groups is 2. The summed E-state index contributed by atoms with van der Waals surface area (Å²) >= 11 is 0. The molecule has 1 aliphatic carbocycles. The fraction of sp³-hybridized carbons (Fsp3) is 0.625. The van der Waals surface area contributed by atoms with Crippen molar-refractivity contribution in [1.29, 1.82) is 0 Å². The van der Waals surface area contributed by atoms with Crippen LogP contribution in [0.5, 0.6) is 0 Å². The number of nitrogens with zero attached hydrogens (tertiary/aromatic N) is 1. The lowest BCUT2D eigenvalue weighted by Crippen LogP contribution is -2.33. The highest BCUT2D eigenvalue weighted by Crippen LogP contribution is 2.21. The van der Waals surface area contributed by atoms with Crippen molar-refractivity contribution in [3.63, 3.8) is 0 Å². The number of hydrogen-bond acceptors (Lipinski definition) is 3. The van der Waals surface area contributed by atoms with E-state index in [4.69, 9.17) is 5.73 Å². The second-order valence-corrected chi connectivity index (χ2v) is 3.20. The summed E-state index contributed by atoms with van der Waals surface area (Å²) in [4.78, 5) is 21.0. The van der Waals surface area contributed by atoms with E-state index in [0.29, 0.717) is 5.92 Å². The van der Waals surface area contributed by atoms with E-state index < -0.39 is 11.8 Å². The standard InChI is InChI=1S/C8H13N3O2/c1-5-3-2-4-6(5)10-11-8(13)7(9)12/h5H,2-4H2,1H3,(H2,9,12)(H,11,13)/b10-6+. The minimum Gasteiger partial charge on any atom is -0.361 e. The number of nitrogens with two attached hydrogens (primary N) is 1. The van der Waals surface area contributed by atoms with E-state index in [1.165, 1.54) is 0 Å². The largest absolute Gasteiger partial charge is 0.361 e. The van der Waals surface area contributed by atoms with Crippen LogP contribution in [0.4, 0.5) is 0 Å². The molecule has 13 heavy (non-hydrogen) atoms. The average molecular weight is 183 g/mol. The Balaban J connectivity index is 2.48. The molecule has 1 aliphatic rings. The molecule has 1 saturated carbocycles. The number of rotatable bonds is 1.